The molecule has 2 N–H and O–H groups in total. The fourth-order valence-corrected chi connectivity index (χ4v) is 4.87. The Morgan fingerprint density at radius 3 is 2.50 bits per heavy atom. The molecular weight excluding hydrogens is 276 g/mol. The van der Waals surface area contributed by atoms with Gasteiger partial charge in [0.1, 0.15) is 0 Å². The molecule has 3 unspecified atom stereocenters. The van der Waals surface area contributed by atoms with E-state index in [1.165, 1.54) is 4.31 Å². The molecule has 1 aromatic rings. The van der Waals surface area contributed by atoms with Crippen LogP contribution >= 0.6 is 0 Å². The highest BCUT2D eigenvalue weighted by molar-refractivity contribution is 7.89. The van der Waals surface area contributed by atoms with Crippen LogP contribution in [0.4, 0.5) is 5.69 Å². The van der Waals surface area contributed by atoms with Crippen LogP contribution < -0.4 is 5.32 Å². The zero-order chi connectivity index (χ0) is 14.3. The average molecular weight is 296 g/mol. The van der Waals surface area contributed by atoms with Crippen LogP contribution in [0.2, 0.25) is 0 Å². The molecule has 1 saturated heterocycles. The molecule has 1 saturated carbocycles. The maximum Gasteiger partial charge on any atom is 0.243 e. The minimum Gasteiger partial charge on any atom is -0.393 e. The van der Waals surface area contributed by atoms with Crippen molar-refractivity contribution in [3.05, 3.63) is 24.3 Å². The molecule has 0 spiro atoms. The summed E-state index contributed by atoms with van der Waals surface area (Å²) in [5.74, 6) is 0.428. The highest BCUT2D eigenvalue weighted by atomic mass is 32.2. The van der Waals surface area contributed by atoms with Crippen molar-refractivity contribution in [2.75, 3.05) is 25.5 Å². The number of aliphatic hydroxyl groups excluding tert-OH is 1. The second kappa shape index (κ2) is 5.02. The molecule has 1 aliphatic heterocycles. The number of nitrogens with zero attached hydrogens (tertiary/aromatic N) is 1. The molecule has 0 radical (unpaired) electrons. The van der Waals surface area contributed by atoms with E-state index in [-0.39, 0.29) is 12.0 Å². The van der Waals surface area contributed by atoms with Gasteiger partial charge in [-0.15, -0.1) is 0 Å². The zero-order valence-corrected chi connectivity index (χ0v) is 12.3. The van der Waals surface area contributed by atoms with Crippen molar-refractivity contribution in [2.45, 2.75) is 23.8 Å². The van der Waals surface area contributed by atoms with Gasteiger partial charge in [-0.2, -0.15) is 4.31 Å². The number of aliphatic hydroxyl groups is 1. The third-order valence-electron chi connectivity index (χ3n) is 4.57. The van der Waals surface area contributed by atoms with Crippen molar-refractivity contribution in [1.29, 1.82) is 0 Å². The first kappa shape index (κ1) is 13.9. The maximum absolute atomic E-state index is 12.6. The molecule has 0 amide bonds. The first-order valence-electron chi connectivity index (χ1n) is 6.98. The Morgan fingerprint density at radius 2 is 1.90 bits per heavy atom. The van der Waals surface area contributed by atoms with Gasteiger partial charge in [-0.05, 0) is 43.0 Å². The molecule has 1 aromatic carbocycles. The Bertz CT molecular complexity index is 585. The van der Waals surface area contributed by atoms with Gasteiger partial charge in [0, 0.05) is 31.7 Å². The molecule has 5 nitrogen and oxygen atoms in total. The number of rotatable bonds is 3. The van der Waals surface area contributed by atoms with Gasteiger partial charge < -0.3 is 10.4 Å². The predicted octanol–water partition coefficient (Wildman–Crippen LogP) is 1.12. The van der Waals surface area contributed by atoms with Crippen LogP contribution in [0.3, 0.4) is 0 Å². The van der Waals surface area contributed by atoms with Gasteiger partial charge in [-0.25, -0.2) is 8.42 Å². The summed E-state index contributed by atoms with van der Waals surface area (Å²) in [5.41, 5.74) is 0.887. The molecule has 3 rings (SSSR count). The number of hydrogen-bond acceptors (Lipinski definition) is 4. The first-order valence-corrected chi connectivity index (χ1v) is 8.42. The SMILES string of the molecule is CNc1ccc(S(=O)(=O)N2CC3CCC(O)C3C2)cc1. The highest BCUT2D eigenvalue weighted by Crippen LogP contribution is 2.40. The van der Waals surface area contributed by atoms with Crippen LogP contribution in [0.5, 0.6) is 0 Å². The van der Waals surface area contributed by atoms with Crippen molar-refractivity contribution in [1.82, 2.24) is 4.31 Å². The molecule has 0 bridgehead atoms. The summed E-state index contributed by atoms with van der Waals surface area (Å²) in [6.45, 7) is 0.986. The first-order chi connectivity index (χ1) is 9.52. The van der Waals surface area contributed by atoms with Crippen LogP contribution in [0, 0.1) is 11.8 Å². The Hall–Kier alpha value is -1.11. The standard InChI is InChI=1S/C14H20N2O3S/c1-15-11-3-5-12(6-4-11)20(18,19)16-8-10-2-7-14(17)13(10)9-16/h3-6,10,13-15,17H,2,7-9H2,1H3. The fourth-order valence-electron chi connectivity index (χ4n) is 3.33. The quantitative estimate of drug-likeness (QED) is 0.877. The monoisotopic (exact) mass is 296 g/mol. The highest BCUT2D eigenvalue weighted by Gasteiger charge is 2.45. The summed E-state index contributed by atoms with van der Waals surface area (Å²) in [4.78, 5) is 0.325. The van der Waals surface area contributed by atoms with Crippen LogP contribution in [0.15, 0.2) is 29.2 Å². The van der Waals surface area contributed by atoms with Crippen molar-refractivity contribution in [2.24, 2.45) is 11.8 Å². The molecule has 6 heteroatoms. The van der Waals surface area contributed by atoms with E-state index in [0.717, 1.165) is 18.5 Å². The van der Waals surface area contributed by atoms with Gasteiger partial charge >= 0.3 is 0 Å². The van der Waals surface area contributed by atoms with Crippen molar-refractivity contribution < 1.29 is 13.5 Å². The summed E-state index contributed by atoms with van der Waals surface area (Å²) in [7, 11) is -1.64. The van der Waals surface area contributed by atoms with E-state index in [0.29, 0.717) is 23.9 Å². The molecule has 20 heavy (non-hydrogen) atoms. The number of nitrogens with one attached hydrogen (secondary N) is 1. The van der Waals surface area contributed by atoms with E-state index in [1.54, 1.807) is 31.3 Å². The minimum absolute atomic E-state index is 0.112. The molecule has 3 atom stereocenters. The van der Waals surface area contributed by atoms with Crippen LogP contribution in [0.1, 0.15) is 12.8 Å². The van der Waals surface area contributed by atoms with Crippen molar-refractivity contribution in [3.8, 4) is 0 Å². The Labute approximate surface area is 119 Å². The normalized spacial score (nSPS) is 30.4. The summed E-state index contributed by atoms with van der Waals surface area (Å²) < 4.78 is 26.7. The van der Waals surface area contributed by atoms with Gasteiger partial charge in [-0.3, -0.25) is 0 Å². The second-order valence-electron chi connectivity index (χ2n) is 5.67. The lowest BCUT2D eigenvalue weighted by atomic mass is 10.00. The topological polar surface area (TPSA) is 69.6 Å². The van der Waals surface area contributed by atoms with Gasteiger partial charge in [-0.1, -0.05) is 0 Å². The smallest absolute Gasteiger partial charge is 0.243 e. The van der Waals surface area contributed by atoms with Gasteiger partial charge in [0.2, 0.25) is 10.0 Å². The average Bonchev–Trinajstić information content (AvgIpc) is 3.02. The maximum atomic E-state index is 12.6. The molecule has 1 aliphatic carbocycles. The summed E-state index contributed by atoms with van der Waals surface area (Å²) >= 11 is 0. The molecule has 110 valence electrons. The molecule has 2 aliphatic rings. The number of fused-ring (bicyclic) bond motifs is 1. The Balaban J connectivity index is 1.82. The summed E-state index contributed by atoms with van der Waals surface area (Å²) in [6, 6.07) is 6.79. The third-order valence-corrected chi connectivity index (χ3v) is 6.41. The fraction of sp³-hybridized carbons (Fsp3) is 0.571. The number of sulfonamides is 1. The summed E-state index contributed by atoms with van der Waals surface area (Å²) in [6.07, 6.45) is 1.39. The van der Waals surface area contributed by atoms with E-state index in [2.05, 4.69) is 5.32 Å². The molecule has 1 heterocycles. The van der Waals surface area contributed by atoms with E-state index < -0.39 is 10.0 Å². The van der Waals surface area contributed by atoms with Gasteiger partial charge in [0.05, 0.1) is 11.0 Å². The van der Waals surface area contributed by atoms with E-state index in [9.17, 15) is 13.5 Å². The Morgan fingerprint density at radius 1 is 1.20 bits per heavy atom. The number of anilines is 1. The number of hydrogen-bond donors (Lipinski definition) is 2. The second-order valence-corrected chi connectivity index (χ2v) is 7.60. The zero-order valence-electron chi connectivity index (χ0n) is 11.5. The van der Waals surface area contributed by atoms with E-state index >= 15 is 0 Å². The molecule has 0 aromatic heterocycles. The molecular formula is C14H20N2O3S. The lowest BCUT2D eigenvalue weighted by molar-refractivity contribution is 0.129. The van der Waals surface area contributed by atoms with E-state index in [4.69, 9.17) is 0 Å². The third kappa shape index (κ3) is 2.21. The number of benzene rings is 1. The van der Waals surface area contributed by atoms with Crippen molar-refractivity contribution in [3.63, 3.8) is 0 Å². The van der Waals surface area contributed by atoms with Crippen molar-refractivity contribution >= 4 is 15.7 Å². The van der Waals surface area contributed by atoms with Gasteiger partial charge in [0.25, 0.3) is 0 Å². The predicted molar refractivity (Wildman–Crippen MR) is 77.0 cm³/mol. The molecule has 2 fully saturated rings. The van der Waals surface area contributed by atoms with Crippen LogP contribution in [0.25, 0.3) is 0 Å². The lowest BCUT2D eigenvalue weighted by Gasteiger charge is -2.18. The lowest BCUT2D eigenvalue weighted by Crippen LogP contribution is -2.31. The minimum atomic E-state index is -3.43. The largest absolute Gasteiger partial charge is 0.393 e. The Kier molecular flexibility index (Phi) is 3.48. The van der Waals surface area contributed by atoms with Crippen LogP contribution in [-0.2, 0) is 10.0 Å². The summed E-state index contributed by atoms with van der Waals surface area (Å²) in [5, 5.41) is 12.9. The van der Waals surface area contributed by atoms with Gasteiger partial charge in [0.15, 0.2) is 0 Å². The van der Waals surface area contributed by atoms with Crippen LogP contribution in [-0.4, -0.2) is 44.1 Å². The van der Waals surface area contributed by atoms with E-state index in [1.807, 2.05) is 0 Å².